The van der Waals surface area contributed by atoms with Crippen LogP contribution >= 0.6 is 0 Å². The summed E-state index contributed by atoms with van der Waals surface area (Å²) < 4.78 is 103. The lowest BCUT2D eigenvalue weighted by Gasteiger charge is -2.26. The second-order valence-corrected chi connectivity index (χ2v) is 8.32. The molecule has 1 aromatic heterocycles. The maximum atomic E-state index is 13.9. The van der Waals surface area contributed by atoms with E-state index in [1.165, 1.54) is 18.2 Å². The fourth-order valence-corrected chi connectivity index (χ4v) is 3.55. The third kappa shape index (κ3) is 8.58. The van der Waals surface area contributed by atoms with Gasteiger partial charge >= 0.3 is 30.1 Å². The zero-order valence-electron chi connectivity index (χ0n) is 21.1. The maximum absolute atomic E-state index is 13.9. The summed E-state index contributed by atoms with van der Waals surface area (Å²) in [5.74, 6) is -1.13. The average Bonchev–Trinajstić information content (AvgIpc) is 2.86. The molecule has 0 unspecified atom stereocenters. The van der Waals surface area contributed by atoms with E-state index in [-0.39, 0.29) is 11.3 Å². The Balaban J connectivity index is 1.60. The van der Waals surface area contributed by atoms with Crippen molar-refractivity contribution in [3.8, 4) is 16.9 Å². The molecule has 0 atom stereocenters. The Hall–Kier alpha value is -3.84. The maximum Gasteiger partial charge on any atom is 0.494 e. The highest BCUT2D eigenvalue weighted by atomic mass is 19.3. The third-order valence-electron chi connectivity index (χ3n) is 5.40. The lowest BCUT2D eigenvalue weighted by Crippen LogP contribution is -2.41. The van der Waals surface area contributed by atoms with Gasteiger partial charge in [-0.3, -0.25) is 0 Å². The highest BCUT2D eigenvalue weighted by Crippen LogP contribution is 2.36. The van der Waals surface area contributed by atoms with Gasteiger partial charge in [0, 0.05) is 17.5 Å². The van der Waals surface area contributed by atoms with E-state index in [1.54, 1.807) is 18.2 Å². The molecule has 0 amide bonds. The summed E-state index contributed by atoms with van der Waals surface area (Å²) in [7, 11) is 0. The summed E-state index contributed by atoms with van der Waals surface area (Å²) in [5, 5.41) is 0.512. The summed E-state index contributed by atoms with van der Waals surface area (Å²) in [6.45, 7) is 3.03. The number of hydrogen-bond acceptors (Lipinski definition) is 7. The van der Waals surface area contributed by atoms with E-state index in [9.17, 15) is 35.9 Å². The first-order chi connectivity index (χ1) is 18.7. The van der Waals surface area contributed by atoms with Crippen molar-refractivity contribution in [1.82, 2.24) is 0 Å². The van der Waals surface area contributed by atoms with E-state index < -0.39 is 56.2 Å². The van der Waals surface area contributed by atoms with Crippen molar-refractivity contribution < 1.29 is 54.5 Å². The number of benzene rings is 2. The molecule has 0 radical (unpaired) electrons. The van der Waals surface area contributed by atoms with Crippen LogP contribution in [0.15, 0.2) is 70.4 Å². The summed E-state index contributed by atoms with van der Waals surface area (Å²) in [6.07, 6.45) is -16.4. The molecule has 3 rings (SSSR count). The van der Waals surface area contributed by atoms with E-state index in [0.29, 0.717) is 29.0 Å². The summed E-state index contributed by atoms with van der Waals surface area (Å²) in [6, 6.07) is 13.1. The van der Waals surface area contributed by atoms with Crippen LogP contribution in [0.1, 0.15) is 25.3 Å². The first-order valence-corrected chi connectivity index (χ1v) is 11.9. The SMILES string of the molecule is C=CC(=O)OCCC(F)(F)OC(F)(F)OC(F)(F)CCOc1ccc2cc(-c3ccccc3CC)c(=O)oc2c1. The molecular weight excluding hydrogens is 550 g/mol. The van der Waals surface area contributed by atoms with Gasteiger partial charge in [-0.25, -0.2) is 19.1 Å². The van der Waals surface area contributed by atoms with Crippen LogP contribution in [0.25, 0.3) is 22.1 Å². The molecule has 40 heavy (non-hydrogen) atoms. The highest BCUT2D eigenvalue weighted by Gasteiger charge is 2.52. The van der Waals surface area contributed by atoms with Gasteiger partial charge in [-0.2, -0.15) is 17.6 Å². The van der Waals surface area contributed by atoms with Gasteiger partial charge in [0.05, 0.1) is 31.6 Å². The Morgan fingerprint density at radius 3 is 2.23 bits per heavy atom. The molecule has 0 aliphatic heterocycles. The zero-order chi connectivity index (χ0) is 29.6. The number of esters is 1. The summed E-state index contributed by atoms with van der Waals surface area (Å²) in [4.78, 5) is 23.4. The van der Waals surface area contributed by atoms with Crippen LogP contribution in [0.2, 0.25) is 0 Å². The fourth-order valence-electron chi connectivity index (χ4n) is 3.55. The predicted octanol–water partition coefficient (Wildman–Crippen LogP) is 6.68. The van der Waals surface area contributed by atoms with E-state index in [1.807, 2.05) is 19.1 Å². The number of aryl methyl sites for hydroxylation is 1. The molecule has 0 N–H and O–H groups in total. The topological polar surface area (TPSA) is 84.2 Å². The lowest BCUT2D eigenvalue weighted by atomic mass is 9.99. The number of ether oxygens (including phenoxy) is 4. The van der Waals surface area contributed by atoms with Crippen molar-refractivity contribution in [2.75, 3.05) is 13.2 Å². The second-order valence-electron chi connectivity index (χ2n) is 8.32. The van der Waals surface area contributed by atoms with Gasteiger partial charge in [0.1, 0.15) is 11.3 Å². The molecule has 216 valence electrons. The Bertz CT molecular complexity index is 1400. The molecule has 1 heterocycles. The van der Waals surface area contributed by atoms with Crippen LogP contribution < -0.4 is 10.4 Å². The minimum absolute atomic E-state index is 0.0308. The molecule has 0 aliphatic carbocycles. The zero-order valence-corrected chi connectivity index (χ0v) is 21.1. The lowest BCUT2D eigenvalue weighted by molar-refractivity contribution is -0.514. The van der Waals surface area contributed by atoms with Gasteiger partial charge in [-0.1, -0.05) is 37.8 Å². The van der Waals surface area contributed by atoms with Gasteiger partial charge in [0.25, 0.3) is 0 Å². The minimum atomic E-state index is -5.39. The van der Waals surface area contributed by atoms with Gasteiger partial charge in [0.2, 0.25) is 0 Å². The number of carbonyl (C=O) groups is 1. The molecule has 13 heteroatoms. The van der Waals surface area contributed by atoms with Gasteiger partial charge < -0.3 is 13.9 Å². The fraction of sp³-hybridized carbons (Fsp3) is 0.333. The largest absolute Gasteiger partial charge is 0.494 e. The van der Waals surface area contributed by atoms with Crippen LogP contribution in [-0.4, -0.2) is 37.7 Å². The number of carbonyl (C=O) groups excluding carboxylic acids is 1. The van der Waals surface area contributed by atoms with Crippen LogP contribution in [0.4, 0.5) is 26.3 Å². The standard InChI is InChI=1S/C27H24F6O7/c1-3-17-7-5-6-8-20(17)21-15-18-9-10-19(16-22(18)38-24(21)35)36-13-11-25(28,29)39-27(32,33)40-26(30,31)12-14-37-23(34)4-2/h4-10,15-16H,2-3,11-14H2,1H3. The molecule has 0 bridgehead atoms. The number of fused-ring (bicyclic) bond motifs is 1. The Morgan fingerprint density at radius 2 is 1.57 bits per heavy atom. The Morgan fingerprint density at radius 1 is 0.925 bits per heavy atom. The van der Waals surface area contributed by atoms with Crippen molar-refractivity contribution in [1.29, 1.82) is 0 Å². The minimum Gasteiger partial charge on any atom is -0.493 e. The van der Waals surface area contributed by atoms with Crippen molar-refractivity contribution in [2.45, 2.75) is 44.7 Å². The molecule has 0 aliphatic rings. The van der Waals surface area contributed by atoms with Crippen LogP contribution in [0, 0.1) is 0 Å². The summed E-state index contributed by atoms with van der Waals surface area (Å²) in [5.41, 5.74) is 1.43. The summed E-state index contributed by atoms with van der Waals surface area (Å²) >= 11 is 0. The normalized spacial score (nSPS) is 12.4. The number of halogens is 6. The average molecular weight is 574 g/mol. The van der Waals surface area contributed by atoms with Crippen molar-refractivity contribution >= 4 is 16.9 Å². The van der Waals surface area contributed by atoms with E-state index in [2.05, 4.69) is 20.8 Å². The molecular formula is C27H24F6O7. The first-order valence-electron chi connectivity index (χ1n) is 11.9. The smallest absolute Gasteiger partial charge is 0.493 e. The molecule has 2 aromatic carbocycles. The van der Waals surface area contributed by atoms with Crippen LogP contribution in [-0.2, 0) is 25.4 Å². The van der Waals surface area contributed by atoms with E-state index >= 15 is 0 Å². The number of alkyl halides is 6. The third-order valence-corrected chi connectivity index (χ3v) is 5.40. The predicted molar refractivity (Wildman–Crippen MR) is 130 cm³/mol. The molecule has 0 saturated heterocycles. The monoisotopic (exact) mass is 574 g/mol. The van der Waals surface area contributed by atoms with Gasteiger partial charge in [-0.15, -0.1) is 8.78 Å². The highest BCUT2D eigenvalue weighted by molar-refractivity contribution is 5.83. The van der Waals surface area contributed by atoms with Crippen LogP contribution in [0.3, 0.4) is 0 Å². The first kappa shape index (κ1) is 30.7. The molecule has 7 nitrogen and oxygen atoms in total. The van der Waals surface area contributed by atoms with Crippen molar-refractivity contribution in [3.05, 3.63) is 77.2 Å². The Kier molecular flexibility index (Phi) is 9.64. The van der Waals surface area contributed by atoms with Crippen molar-refractivity contribution in [2.24, 2.45) is 0 Å². The van der Waals surface area contributed by atoms with E-state index in [0.717, 1.165) is 5.56 Å². The number of rotatable bonds is 14. The van der Waals surface area contributed by atoms with Gasteiger partial charge in [0.15, 0.2) is 0 Å². The second kappa shape index (κ2) is 12.6. The molecule has 0 spiro atoms. The van der Waals surface area contributed by atoms with Crippen LogP contribution in [0.5, 0.6) is 5.75 Å². The molecule has 0 saturated carbocycles. The number of hydrogen-bond donors (Lipinski definition) is 0. The molecule has 3 aromatic rings. The van der Waals surface area contributed by atoms with E-state index in [4.69, 9.17) is 9.15 Å². The van der Waals surface area contributed by atoms with Gasteiger partial charge in [-0.05, 0) is 35.7 Å². The van der Waals surface area contributed by atoms with Crippen molar-refractivity contribution in [3.63, 3.8) is 0 Å². The Labute approximate surface area is 223 Å². The quantitative estimate of drug-likeness (QED) is 0.0698. The molecule has 0 fully saturated rings.